The highest BCUT2D eigenvalue weighted by Crippen LogP contribution is 2.27. The summed E-state index contributed by atoms with van der Waals surface area (Å²) >= 11 is 0. The molecule has 0 bridgehead atoms. The van der Waals surface area contributed by atoms with Crippen molar-refractivity contribution in [1.29, 1.82) is 0 Å². The smallest absolute Gasteiger partial charge is 0.338 e. The molecule has 0 aromatic heterocycles. The second kappa shape index (κ2) is 4.52. The number of rotatable bonds is 2. The van der Waals surface area contributed by atoms with Gasteiger partial charge in [0.15, 0.2) is 0 Å². The molecule has 0 saturated heterocycles. The number of hydrogen-bond donors (Lipinski definition) is 1. The standard InChI is InChI=1S/C13H7F3O2/c14-9-2-1-3-10(15)12(9)7-4-5-8(13(17)18)11(16)6-7/h1-6H,(H,17,18). The molecule has 0 saturated carbocycles. The van der Waals surface area contributed by atoms with E-state index in [4.69, 9.17) is 5.11 Å². The summed E-state index contributed by atoms with van der Waals surface area (Å²) in [5.41, 5.74) is -0.975. The second-order valence-corrected chi connectivity index (χ2v) is 3.60. The normalized spacial score (nSPS) is 10.4. The highest BCUT2D eigenvalue weighted by atomic mass is 19.1. The van der Waals surface area contributed by atoms with Crippen molar-refractivity contribution in [2.45, 2.75) is 0 Å². The molecule has 0 spiro atoms. The molecule has 0 aliphatic carbocycles. The molecule has 0 radical (unpaired) electrons. The van der Waals surface area contributed by atoms with Gasteiger partial charge in [0.25, 0.3) is 0 Å². The Morgan fingerprint density at radius 2 is 1.56 bits per heavy atom. The van der Waals surface area contributed by atoms with E-state index < -0.39 is 29.0 Å². The maximum absolute atomic E-state index is 13.4. The number of carboxylic acid groups (broad SMARTS) is 1. The minimum Gasteiger partial charge on any atom is -0.478 e. The van der Waals surface area contributed by atoms with E-state index in [1.807, 2.05) is 0 Å². The molecule has 0 aliphatic rings. The number of hydrogen-bond acceptors (Lipinski definition) is 1. The molecule has 0 fully saturated rings. The predicted octanol–water partition coefficient (Wildman–Crippen LogP) is 3.47. The zero-order chi connectivity index (χ0) is 13.3. The third-order valence-electron chi connectivity index (χ3n) is 2.45. The Kier molecular flexibility index (Phi) is 3.06. The van der Waals surface area contributed by atoms with E-state index in [1.54, 1.807) is 0 Å². The number of aromatic carboxylic acids is 1. The molecule has 1 N–H and O–H groups in total. The van der Waals surface area contributed by atoms with Crippen molar-refractivity contribution in [1.82, 2.24) is 0 Å². The lowest BCUT2D eigenvalue weighted by atomic mass is 10.0. The molecule has 0 unspecified atom stereocenters. The van der Waals surface area contributed by atoms with E-state index in [9.17, 15) is 18.0 Å². The summed E-state index contributed by atoms with van der Waals surface area (Å²) in [6, 6.07) is 6.21. The summed E-state index contributed by atoms with van der Waals surface area (Å²) in [6.45, 7) is 0. The van der Waals surface area contributed by atoms with Gasteiger partial charge >= 0.3 is 5.97 Å². The fraction of sp³-hybridized carbons (Fsp3) is 0. The molecule has 92 valence electrons. The van der Waals surface area contributed by atoms with Crippen molar-refractivity contribution in [3.05, 3.63) is 59.4 Å². The molecular formula is C13H7F3O2. The van der Waals surface area contributed by atoms with Gasteiger partial charge in [-0.15, -0.1) is 0 Å². The summed E-state index contributed by atoms with van der Waals surface area (Å²) in [5, 5.41) is 8.65. The highest BCUT2D eigenvalue weighted by Gasteiger charge is 2.15. The number of benzene rings is 2. The van der Waals surface area contributed by atoms with Crippen molar-refractivity contribution in [2.24, 2.45) is 0 Å². The van der Waals surface area contributed by atoms with Crippen molar-refractivity contribution >= 4 is 5.97 Å². The average molecular weight is 252 g/mol. The Morgan fingerprint density at radius 1 is 0.944 bits per heavy atom. The maximum Gasteiger partial charge on any atom is 0.338 e. The number of halogens is 3. The highest BCUT2D eigenvalue weighted by molar-refractivity contribution is 5.88. The molecule has 0 heterocycles. The molecule has 0 atom stereocenters. The minimum absolute atomic E-state index is 0.0481. The number of carboxylic acids is 1. The first kappa shape index (κ1) is 12.2. The quantitative estimate of drug-likeness (QED) is 0.888. The predicted molar refractivity (Wildman–Crippen MR) is 58.7 cm³/mol. The molecule has 0 aliphatic heterocycles. The molecule has 2 rings (SSSR count). The van der Waals surface area contributed by atoms with Crippen LogP contribution in [0.25, 0.3) is 11.1 Å². The molecule has 2 aromatic rings. The van der Waals surface area contributed by atoms with Crippen molar-refractivity contribution in [3.63, 3.8) is 0 Å². The number of carbonyl (C=O) groups is 1. The van der Waals surface area contributed by atoms with Crippen LogP contribution in [0.15, 0.2) is 36.4 Å². The Morgan fingerprint density at radius 3 is 2.06 bits per heavy atom. The Hall–Kier alpha value is -2.30. The summed E-state index contributed by atoms with van der Waals surface area (Å²) < 4.78 is 40.3. The van der Waals surface area contributed by atoms with Gasteiger partial charge in [0.2, 0.25) is 0 Å². The van der Waals surface area contributed by atoms with Crippen LogP contribution in [-0.2, 0) is 0 Å². The van der Waals surface area contributed by atoms with Crippen LogP contribution in [0.2, 0.25) is 0 Å². The van der Waals surface area contributed by atoms with E-state index in [0.29, 0.717) is 0 Å². The molecule has 5 heteroatoms. The molecule has 0 amide bonds. The van der Waals surface area contributed by atoms with Gasteiger partial charge in [0.1, 0.15) is 17.5 Å². The van der Waals surface area contributed by atoms with Crippen molar-refractivity contribution in [2.75, 3.05) is 0 Å². The van der Waals surface area contributed by atoms with Gasteiger partial charge in [-0.25, -0.2) is 18.0 Å². The largest absolute Gasteiger partial charge is 0.478 e. The van der Waals surface area contributed by atoms with Gasteiger partial charge in [-0.3, -0.25) is 0 Å². The fourth-order valence-corrected chi connectivity index (χ4v) is 1.62. The zero-order valence-corrected chi connectivity index (χ0v) is 8.95. The monoisotopic (exact) mass is 252 g/mol. The Balaban J connectivity index is 2.59. The van der Waals surface area contributed by atoms with Gasteiger partial charge in [-0.1, -0.05) is 12.1 Å². The first-order chi connectivity index (χ1) is 8.50. The van der Waals surface area contributed by atoms with Crippen molar-refractivity contribution < 1.29 is 23.1 Å². The van der Waals surface area contributed by atoms with E-state index in [-0.39, 0.29) is 11.1 Å². The van der Waals surface area contributed by atoms with Crippen molar-refractivity contribution in [3.8, 4) is 11.1 Å². The van der Waals surface area contributed by atoms with E-state index >= 15 is 0 Å². The Labute approximate surface area is 100 Å². The SMILES string of the molecule is O=C(O)c1ccc(-c2c(F)cccc2F)cc1F. The summed E-state index contributed by atoms with van der Waals surface area (Å²) in [4.78, 5) is 10.6. The van der Waals surface area contributed by atoms with E-state index in [0.717, 1.165) is 30.3 Å². The zero-order valence-electron chi connectivity index (χ0n) is 8.95. The fourth-order valence-electron chi connectivity index (χ4n) is 1.62. The van der Waals surface area contributed by atoms with Gasteiger partial charge in [0.05, 0.1) is 11.1 Å². The summed E-state index contributed by atoms with van der Waals surface area (Å²) in [5.74, 6) is -4.15. The second-order valence-electron chi connectivity index (χ2n) is 3.60. The van der Waals surface area contributed by atoms with Gasteiger partial charge in [-0.05, 0) is 29.8 Å². The van der Waals surface area contributed by atoms with Gasteiger partial charge < -0.3 is 5.11 Å². The lowest BCUT2D eigenvalue weighted by molar-refractivity contribution is 0.0692. The van der Waals surface area contributed by atoms with Crippen LogP contribution in [-0.4, -0.2) is 11.1 Å². The van der Waals surface area contributed by atoms with Crippen LogP contribution in [0.3, 0.4) is 0 Å². The van der Waals surface area contributed by atoms with Gasteiger partial charge in [-0.2, -0.15) is 0 Å². The van der Waals surface area contributed by atoms with Crippen LogP contribution in [0.4, 0.5) is 13.2 Å². The summed E-state index contributed by atoms with van der Waals surface area (Å²) in [7, 11) is 0. The third-order valence-corrected chi connectivity index (χ3v) is 2.45. The van der Waals surface area contributed by atoms with Crippen LogP contribution in [0, 0.1) is 17.5 Å². The lowest BCUT2D eigenvalue weighted by Gasteiger charge is -2.06. The summed E-state index contributed by atoms with van der Waals surface area (Å²) in [6.07, 6.45) is 0. The van der Waals surface area contributed by atoms with E-state index in [2.05, 4.69) is 0 Å². The molecule has 2 nitrogen and oxygen atoms in total. The maximum atomic E-state index is 13.4. The first-order valence-electron chi connectivity index (χ1n) is 4.98. The molecular weight excluding hydrogens is 245 g/mol. The topological polar surface area (TPSA) is 37.3 Å². The molecule has 2 aromatic carbocycles. The van der Waals surface area contributed by atoms with E-state index in [1.165, 1.54) is 6.07 Å². The van der Waals surface area contributed by atoms with Crippen LogP contribution >= 0.6 is 0 Å². The average Bonchev–Trinajstić information content (AvgIpc) is 2.28. The van der Waals surface area contributed by atoms with Gasteiger partial charge in [0, 0.05) is 0 Å². The first-order valence-corrected chi connectivity index (χ1v) is 4.98. The third kappa shape index (κ3) is 2.07. The molecule has 18 heavy (non-hydrogen) atoms. The lowest BCUT2D eigenvalue weighted by Crippen LogP contribution is -2.01. The van der Waals surface area contributed by atoms with Crippen LogP contribution < -0.4 is 0 Å². The van der Waals surface area contributed by atoms with Crippen LogP contribution in [0.5, 0.6) is 0 Å². The van der Waals surface area contributed by atoms with Crippen LogP contribution in [0.1, 0.15) is 10.4 Å². The Bertz CT molecular complexity index is 603. The minimum atomic E-state index is -1.44.